The number of methoxy groups -OCH3 is 1. The topological polar surface area (TPSA) is 61.8 Å². The van der Waals surface area contributed by atoms with Gasteiger partial charge >= 0.3 is 11.9 Å². The van der Waals surface area contributed by atoms with E-state index in [1.54, 1.807) is 7.11 Å². The van der Waals surface area contributed by atoms with Gasteiger partial charge in [0.05, 0.1) is 13.2 Å². The molecule has 0 bridgehead atoms. The fourth-order valence-corrected chi connectivity index (χ4v) is 3.30. The molecule has 0 saturated heterocycles. The third kappa shape index (κ3) is 20.0. The van der Waals surface area contributed by atoms with Gasteiger partial charge in [0.1, 0.15) is 0 Å². The minimum atomic E-state index is -0.124. The van der Waals surface area contributed by atoms with Crippen LogP contribution >= 0.6 is 0 Å². The first-order chi connectivity index (χ1) is 14.1. The van der Waals surface area contributed by atoms with Crippen LogP contribution in [-0.4, -0.2) is 38.9 Å². The Bertz CT molecular complexity index is 375. The fourth-order valence-electron chi connectivity index (χ4n) is 3.30. The lowest BCUT2D eigenvalue weighted by molar-refractivity contribution is -0.144. The van der Waals surface area contributed by atoms with E-state index >= 15 is 0 Å². The van der Waals surface area contributed by atoms with Crippen molar-refractivity contribution >= 4 is 11.9 Å². The van der Waals surface area contributed by atoms with Crippen molar-refractivity contribution < 1.29 is 23.8 Å². The molecule has 0 rings (SSSR count). The summed E-state index contributed by atoms with van der Waals surface area (Å²) in [6, 6.07) is 0. The highest BCUT2D eigenvalue weighted by atomic mass is 16.5. The lowest BCUT2D eigenvalue weighted by atomic mass is 9.96. The van der Waals surface area contributed by atoms with Crippen LogP contribution < -0.4 is 0 Å². The molecule has 0 saturated carbocycles. The summed E-state index contributed by atoms with van der Waals surface area (Å²) in [6.07, 6.45) is 14.6. The van der Waals surface area contributed by atoms with Gasteiger partial charge in [0.25, 0.3) is 0 Å². The van der Waals surface area contributed by atoms with Gasteiger partial charge in [-0.2, -0.15) is 0 Å². The molecule has 0 radical (unpaired) electrons. The molecule has 0 aromatic heterocycles. The van der Waals surface area contributed by atoms with Gasteiger partial charge in [-0.05, 0) is 38.0 Å². The molecule has 0 heterocycles. The predicted octanol–water partition coefficient (Wildman–Crippen LogP) is 6.23. The molecular formula is C24H46O5. The molecule has 0 aromatic carbocycles. The summed E-state index contributed by atoms with van der Waals surface area (Å²) in [5.74, 6) is 0.332. The van der Waals surface area contributed by atoms with E-state index in [2.05, 4.69) is 13.8 Å². The first-order valence-corrected chi connectivity index (χ1v) is 11.9. The zero-order chi connectivity index (χ0) is 21.6. The Kier molecular flexibility index (Phi) is 20.8. The largest absolute Gasteiger partial charge is 0.466 e. The summed E-state index contributed by atoms with van der Waals surface area (Å²) in [4.78, 5) is 23.5. The number of esters is 2. The quantitative estimate of drug-likeness (QED) is 0.165. The van der Waals surface area contributed by atoms with E-state index in [-0.39, 0.29) is 11.9 Å². The van der Waals surface area contributed by atoms with Gasteiger partial charge in [0.15, 0.2) is 0 Å². The molecule has 0 aromatic rings. The summed E-state index contributed by atoms with van der Waals surface area (Å²) < 4.78 is 15.8. The van der Waals surface area contributed by atoms with Gasteiger partial charge in [-0.3, -0.25) is 9.59 Å². The number of carbonyl (C=O) groups is 2. The summed E-state index contributed by atoms with van der Waals surface area (Å²) in [6.45, 7) is 6.19. The second kappa shape index (κ2) is 21.6. The fraction of sp³-hybridized carbons (Fsp3) is 0.917. The maximum Gasteiger partial charge on any atom is 0.305 e. The molecule has 0 aliphatic carbocycles. The van der Waals surface area contributed by atoms with Gasteiger partial charge in [-0.25, -0.2) is 0 Å². The van der Waals surface area contributed by atoms with E-state index in [0.29, 0.717) is 32.0 Å². The Balaban J connectivity index is 3.59. The summed E-state index contributed by atoms with van der Waals surface area (Å²) in [5, 5.41) is 0. The van der Waals surface area contributed by atoms with Crippen molar-refractivity contribution in [3.63, 3.8) is 0 Å². The number of carbonyl (C=O) groups excluding carboxylic acids is 2. The van der Waals surface area contributed by atoms with Crippen LogP contribution in [0.1, 0.15) is 110 Å². The average molecular weight is 415 g/mol. The molecule has 29 heavy (non-hydrogen) atoms. The van der Waals surface area contributed by atoms with Crippen LogP contribution in [0.25, 0.3) is 0 Å². The van der Waals surface area contributed by atoms with Crippen molar-refractivity contribution in [1.29, 1.82) is 0 Å². The Morgan fingerprint density at radius 2 is 1.17 bits per heavy atom. The van der Waals surface area contributed by atoms with Crippen LogP contribution in [0.2, 0.25) is 0 Å². The summed E-state index contributed by atoms with van der Waals surface area (Å²) in [5.41, 5.74) is 0. The highest BCUT2D eigenvalue weighted by molar-refractivity contribution is 5.69. The van der Waals surface area contributed by atoms with Crippen molar-refractivity contribution in [2.45, 2.75) is 110 Å². The number of hydrogen-bond donors (Lipinski definition) is 0. The molecule has 0 aliphatic heterocycles. The minimum absolute atomic E-state index is 0.114. The lowest BCUT2D eigenvalue weighted by Crippen LogP contribution is -2.12. The van der Waals surface area contributed by atoms with Crippen LogP contribution in [0.15, 0.2) is 0 Å². The van der Waals surface area contributed by atoms with E-state index in [0.717, 1.165) is 51.6 Å². The molecule has 172 valence electrons. The minimum Gasteiger partial charge on any atom is -0.466 e. The molecule has 0 fully saturated rings. The van der Waals surface area contributed by atoms with Gasteiger partial charge in [0.2, 0.25) is 0 Å². The second-order valence-corrected chi connectivity index (χ2v) is 7.99. The van der Waals surface area contributed by atoms with Crippen LogP contribution in [0.4, 0.5) is 0 Å². The zero-order valence-electron chi connectivity index (χ0n) is 19.3. The lowest BCUT2D eigenvalue weighted by Gasteiger charge is -2.16. The summed E-state index contributed by atoms with van der Waals surface area (Å²) >= 11 is 0. The third-order valence-electron chi connectivity index (χ3n) is 5.26. The van der Waals surface area contributed by atoms with Crippen molar-refractivity contribution in [1.82, 2.24) is 0 Å². The van der Waals surface area contributed by atoms with Crippen molar-refractivity contribution in [2.24, 2.45) is 5.92 Å². The normalized spacial score (nSPS) is 12.0. The molecule has 0 N–H and O–H groups in total. The zero-order valence-corrected chi connectivity index (χ0v) is 19.3. The van der Waals surface area contributed by atoms with E-state index in [4.69, 9.17) is 14.2 Å². The molecular weight excluding hydrogens is 368 g/mol. The van der Waals surface area contributed by atoms with Gasteiger partial charge < -0.3 is 14.2 Å². The van der Waals surface area contributed by atoms with Crippen LogP contribution in [0.5, 0.6) is 0 Å². The second-order valence-electron chi connectivity index (χ2n) is 7.99. The highest BCUT2D eigenvalue weighted by Crippen LogP contribution is 2.17. The van der Waals surface area contributed by atoms with Crippen LogP contribution in [0, 0.1) is 5.92 Å². The molecule has 0 amide bonds. The number of hydrogen-bond acceptors (Lipinski definition) is 5. The van der Waals surface area contributed by atoms with E-state index < -0.39 is 0 Å². The Morgan fingerprint density at radius 3 is 1.79 bits per heavy atom. The highest BCUT2D eigenvalue weighted by Gasteiger charge is 2.10. The average Bonchev–Trinajstić information content (AvgIpc) is 2.71. The van der Waals surface area contributed by atoms with Gasteiger partial charge in [-0.1, -0.05) is 65.2 Å². The number of unbranched alkanes of at least 4 members (excludes halogenated alkanes) is 7. The van der Waals surface area contributed by atoms with Crippen LogP contribution in [-0.2, 0) is 23.8 Å². The molecule has 5 heteroatoms. The smallest absolute Gasteiger partial charge is 0.305 e. The predicted molar refractivity (Wildman–Crippen MR) is 118 cm³/mol. The van der Waals surface area contributed by atoms with Gasteiger partial charge in [-0.15, -0.1) is 0 Å². The summed E-state index contributed by atoms with van der Waals surface area (Å²) in [7, 11) is 1.73. The number of ether oxygens (including phenoxy) is 3. The van der Waals surface area contributed by atoms with Crippen molar-refractivity contribution in [2.75, 3.05) is 26.9 Å². The standard InChI is InChI=1S/C24H46O5/c1-4-6-8-9-13-19-28-23(25)15-11-10-12-16-24(26)29-21-18-22(14-7-5-2)17-20-27-3/h22H,4-21H2,1-3H3. The first kappa shape index (κ1) is 27.9. The molecule has 5 nitrogen and oxygen atoms in total. The first-order valence-electron chi connectivity index (χ1n) is 11.9. The maximum absolute atomic E-state index is 11.9. The molecule has 0 spiro atoms. The molecule has 1 atom stereocenters. The van der Waals surface area contributed by atoms with Crippen molar-refractivity contribution in [3.8, 4) is 0 Å². The maximum atomic E-state index is 11.9. The Labute approximate surface area is 179 Å². The molecule has 1 unspecified atom stereocenters. The van der Waals surface area contributed by atoms with Crippen LogP contribution in [0.3, 0.4) is 0 Å². The van der Waals surface area contributed by atoms with E-state index in [9.17, 15) is 9.59 Å². The monoisotopic (exact) mass is 414 g/mol. The van der Waals surface area contributed by atoms with Gasteiger partial charge in [0, 0.05) is 26.6 Å². The van der Waals surface area contributed by atoms with E-state index in [1.165, 1.54) is 38.5 Å². The molecule has 0 aliphatic rings. The Hall–Kier alpha value is -1.10. The van der Waals surface area contributed by atoms with Crippen molar-refractivity contribution in [3.05, 3.63) is 0 Å². The Morgan fingerprint density at radius 1 is 0.621 bits per heavy atom. The number of rotatable bonds is 21. The van der Waals surface area contributed by atoms with E-state index in [1.807, 2.05) is 0 Å². The third-order valence-corrected chi connectivity index (χ3v) is 5.26. The SMILES string of the molecule is CCCCCCCOC(=O)CCCCCC(=O)OCCC(CCCC)CCOC.